The van der Waals surface area contributed by atoms with Crippen molar-refractivity contribution in [1.29, 1.82) is 5.26 Å². The topological polar surface area (TPSA) is 98.5 Å². The highest BCUT2D eigenvalue weighted by atomic mass is 35.5. The van der Waals surface area contributed by atoms with E-state index in [4.69, 9.17) is 16.9 Å². The Balaban J connectivity index is 2.46. The van der Waals surface area contributed by atoms with Gasteiger partial charge in [-0.2, -0.15) is 21.3 Å². The van der Waals surface area contributed by atoms with Crippen LogP contribution in [0.15, 0.2) is 23.1 Å². The van der Waals surface area contributed by atoms with Gasteiger partial charge in [0.15, 0.2) is 0 Å². The first-order valence-electron chi connectivity index (χ1n) is 5.90. The van der Waals surface area contributed by atoms with E-state index in [1.165, 1.54) is 30.0 Å². The van der Waals surface area contributed by atoms with Crippen LogP contribution in [0.5, 0.6) is 0 Å². The molecular weight excluding hydrogens is 336 g/mol. The quantitative estimate of drug-likeness (QED) is 0.888. The van der Waals surface area contributed by atoms with Gasteiger partial charge in [-0.15, -0.1) is 0 Å². The van der Waals surface area contributed by atoms with Gasteiger partial charge in [-0.05, 0) is 18.2 Å². The van der Waals surface area contributed by atoms with Gasteiger partial charge < -0.3 is 5.11 Å². The molecule has 1 unspecified atom stereocenters. The minimum atomic E-state index is -4.01. The first kappa shape index (κ1) is 16.1. The average molecular weight is 347 g/mol. The summed E-state index contributed by atoms with van der Waals surface area (Å²) >= 11 is 7.32. The third-order valence-corrected chi connectivity index (χ3v) is 6.43. The number of carbonyl (C=O) groups is 1. The molecular formula is C12H11ClN2O4S2. The van der Waals surface area contributed by atoms with E-state index in [1.807, 2.05) is 6.07 Å². The maximum Gasteiger partial charge on any atom is 0.322 e. The lowest BCUT2D eigenvalue weighted by Crippen LogP contribution is -2.50. The number of hydrogen-bond donors (Lipinski definition) is 1. The number of benzene rings is 1. The van der Waals surface area contributed by atoms with Gasteiger partial charge in [-0.3, -0.25) is 4.79 Å². The van der Waals surface area contributed by atoms with E-state index in [9.17, 15) is 18.3 Å². The Hall–Kier alpha value is -1.27. The van der Waals surface area contributed by atoms with E-state index in [2.05, 4.69) is 0 Å². The molecule has 112 valence electrons. The normalized spacial score (nSPS) is 19.9. The summed E-state index contributed by atoms with van der Waals surface area (Å²) in [6, 6.07) is 4.58. The molecule has 1 aliphatic rings. The van der Waals surface area contributed by atoms with Crippen molar-refractivity contribution in [2.45, 2.75) is 10.9 Å². The maximum absolute atomic E-state index is 12.6. The molecule has 1 fully saturated rings. The van der Waals surface area contributed by atoms with Crippen molar-refractivity contribution >= 4 is 39.4 Å². The number of carboxylic acid groups (broad SMARTS) is 1. The van der Waals surface area contributed by atoms with Crippen LogP contribution in [0.25, 0.3) is 0 Å². The van der Waals surface area contributed by atoms with Crippen molar-refractivity contribution in [3.05, 3.63) is 28.8 Å². The zero-order chi connectivity index (χ0) is 15.6. The van der Waals surface area contributed by atoms with Crippen molar-refractivity contribution in [1.82, 2.24) is 4.31 Å². The van der Waals surface area contributed by atoms with Gasteiger partial charge in [-0.25, -0.2) is 8.42 Å². The summed E-state index contributed by atoms with van der Waals surface area (Å²) in [7, 11) is -4.01. The van der Waals surface area contributed by atoms with Crippen molar-refractivity contribution in [2.75, 3.05) is 18.1 Å². The Kier molecular flexibility index (Phi) is 4.78. The van der Waals surface area contributed by atoms with E-state index >= 15 is 0 Å². The lowest BCUT2D eigenvalue weighted by molar-refractivity contribution is -0.140. The number of sulfonamides is 1. The maximum atomic E-state index is 12.6. The van der Waals surface area contributed by atoms with Crippen LogP contribution >= 0.6 is 23.4 Å². The molecule has 2 rings (SSSR count). The van der Waals surface area contributed by atoms with Crippen LogP contribution in [0.2, 0.25) is 5.02 Å². The lowest BCUT2D eigenvalue weighted by atomic mass is 10.2. The fraction of sp³-hybridized carbons (Fsp3) is 0.333. The summed E-state index contributed by atoms with van der Waals surface area (Å²) in [4.78, 5) is 11.1. The third kappa shape index (κ3) is 3.16. The zero-order valence-electron chi connectivity index (χ0n) is 10.7. The van der Waals surface area contributed by atoms with Gasteiger partial charge in [0.2, 0.25) is 10.0 Å². The van der Waals surface area contributed by atoms with Gasteiger partial charge in [0.25, 0.3) is 0 Å². The van der Waals surface area contributed by atoms with Gasteiger partial charge in [-0.1, -0.05) is 11.6 Å². The number of nitriles is 1. The standard InChI is InChI=1S/C12H11ClN2O4S2/c13-9-5-8(6-14)1-2-11(9)21(18,19)15-3-4-20-7-10(15)12(16)17/h1-2,5,10H,3-4,7H2,(H,16,17). The summed E-state index contributed by atoms with van der Waals surface area (Å²) in [6.45, 7) is 0.111. The Morgan fingerprint density at radius 1 is 1.52 bits per heavy atom. The van der Waals surface area contributed by atoms with Gasteiger partial charge in [0.1, 0.15) is 10.9 Å². The zero-order valence-corrected chi connectivity index (χ0v) is 13.1. The minimum Gasteiger partial charge on any atom is -0.480 e. The van der Waals surface area contributed by atoms with Crippen molar-refractivity contribution in [3.8, 4) is 6.07 Å². The lowest BCUT2D eigenvalue weighted by Gasteiger charge is -2.31. The highest BCUT2D eigenvalue weighted by molar-refractivity contribution is 7.99. The number of carboxylic acids is 1. The van der Waals surface area contributed by atoms with Crippen LogP contribution in [0.3, 0.4) is 0 Å². The van der Waals surface area contributed by atoms with Crippen molar-refractivity contribution < 1.29 is 18.3 Å². The van der Waals surface area contributed by atoms with E-state index in [1.54, 1.807) is 0 Å². The molecule has 1 aromatic carbocycles. The van der Waals surface area contributed by atoms with Crippen LogP contribution in [0, 0.1) is 11.3 Å². The number of rotatable bonds is 3. The van der Waals surface area contributed by atoms with Crippen LogP contribution in [0.4, 0.5) is 0 Å². The summed E-state index contributed by atoms with van der Waals surface area (Å²) in [5.74, 6) is -0.463. The van der Waals surface area contributed by atoms with E-state index in [0.29, 0.717) is 5.75 Å². The first-order chi connectivity index (χ1) is 9.87. The van der Waals surface area contributed by atoms with Crippen LogP contribution in [0.1, 0.15) is 5.56 Å². The van der Waals surface area contributed by atoms with Gasteiger partial charge >= 0.3 is 5.97 Å². The largest absolute Gasteiger partial charge is 0.480 e. The smallest absolute Gasteiger partial charge is 0.322 e. The Labute approximate surface area is 131 Å². The van der Waals surface area contributed by atoms with Crippen LogP contribution in [-0.2, 0) is 14.8 Å². The second kappa shape index (κ2) is 6.23. The molecule has 0 spiro atoms. The molecule has 6 nitrogen and oxygen atoms in total. The molecule has 1 atom stereocenters. The SMILES string of the molecule is N#Cc1ccc(S(=O)(=O)N2CCSCC2C(=O)O)c(Cl)c1. The highest BCUT2D eigenvalue weighted by Crippen LogP contribution is 2.29. The predicted molar refractivity (Wildman–Crippen MR) is 78.8 cm³/mol. The molecule has 1 aliphatic heterocycles. The third-order valence-electron chi connectivity index (χ3n) is 3.01. The predicted octanol–water partition coefficient (Wildman–Crippen LogP) is 1.40. The number of halogens is 1. The van der Waals surface area contributed by atoms with Crippen LogP contribution in [-0.4, -0.2) is 47.9 Å². The van der Waals surface area contributed by atoms with Crippen molar-refractivity contribution in [3.63, 3.8) is 0 Å². The Morgan fingerprint density at radius 3 is 2.81 bits per heavy atom. The summed E-state index contributed by atoms with van der Waals surface area (Å²) < 4.78 is 26.2. The Bertz CT molecular complexity index is 714. The van der Waals surface area contributed by atoms with Crippen LogP contribution < -0.4 is 0 Å². The molecule has 1 N–H and O–H groups in total. The molecule has 0 saturated carbocycles. The molecule has 1 heterocycles. The Morgan fingerprint density at radius 2 is 2.24 bits per heavy atom. The fourth-order valence-electron chi connectivity index (χ4n) is 1.98. The number of hydrogen-bond acceptors (Lipinski definition) is 5. The first-order valence-corrected chi connectivity index (χ1v) is 8.87. The number of thioether (sulfide) groups is 1. The minimum absolute atomic E-state index is 0.0867. The molecule has 0 aliphatic carbocycles. The molecule has 0 amide bonds. The fourth-order valence-corrected chi connectivity index (χ4v) is 5.33. The van der Waals surface area contributed by atoms with Gasteiger partial charge in [0.05, 0.1) is 16.7 Å². The molecule has 0 bridgehead atoms. The molecule has 0 radical (unpaired) electrons. The average Bonchev–Trinajstić information content (AvgIpc) is 2.46. The number of nitrogens with zero attached hydrogens (tertiary/aromatic N) is 2. The summed E-state index contributed by atoms with van der Waals surface area (Å²) in [5, 5.41) is 17.9. The highest BCUT2D eigenvalue weighted by Gasteiger charge is 2.38. The second-order valence-electron chi connectivity index (χ2n) is 4.30. The second-order valence-corrected chi connectivity index (χ2v) is 7.72. The summed E-state index contributed by atoms with van der Waals surface area (Å²) in [6.07, 6.45) is 0. The molecule has 0 aromatic heterocycles. The van der Waals surface area contributed by atoms with E-state index in [-0.39, 0.29) is 27.8 Å². The molecule has 1 saturated heterocycles. The molecule has 21 heavy (non-hydrogen) atoms. The van der Waals surface area contributed by atoms with E-state index in [0.717, 1.165) is 4.31 Å². The molecule has 9 heteroatoms. The van der Waals surface area contributed by atoms with Gasteiger partial charge in [0, 0.05) is 18.1 Å². The molecule has 1 aromatic rings. The summed E-state index contributed by atoms with van der Waals surface area (Å²) in [5.41, 5.74) is 0.239. The monoisotopic (exact) mass is 346 g/mol. The van der Waals surface area contributed by atoms with Crippen molar-refractivity contribution in [2.24, 2.45) is 0 Å². The number of aliphatic carboxylic acids is 1. The van der Waals surface area contributed by atoms with E-state index < -0.39 is 22.0 Å².